The van der Waals surface area contributed by atoms with Gasteiger partial charge >= 0.3 is 0 Å². The summed E-state index contributed by atoms with van der Waals surface area (Å²) in [6, 6.07) is 12.5. The molecular weight excluding hydrogens is 457 g/mol. The summed E-state index contributed by atoms with van der Waals surface area (Å²) in [6.07, 6.45) is 2.94. The summed E-state index contributed by atoms with van der Waals surface area (Å²) >= 11 is 1.80. The number of aromatic nitrogens is 2. The third kappa shape index (κ3) is 5.70. The highest BCUT2D eigenvalue weighted by atomic mass is 127. The van der Waals surface area contributed by atoms with Crippen molar-refractivity contribution in [3.8, 4) is 0 Å². The van der Waals surface area contributed by atoms with Crippen LogP contribution < -0.4 is 10.6 Å². The highest BCUT2D eigenvalue weighted by Gasteiger charge is 2.02. The number of fused-ring (bicyclic) bond motifs is 1. The van der Waals surface area contributed by atoms with Crippen molar-refractivity contribution in [3.05, 3.63) is 52.5 Å². The highest BCUT2D eigenvalue weighted by molar-refractivity contribution is 14.0. The summed E-state index contributed by atoms with van der Waals surface area (Å²) in [4.78, 5) is 11.7. The topological polar surface area (TPSA) is 54.2 Å². The van der Waals surface area contributed by atoms with Gasteiger partial charge in [-0.15, -0.1) is 35.3 Å². The molecule has 140 valence electrons. The number of aryl methyl sites for hydroxylation is 2. The summed E-state index contributed by atoms with van der Waals surface area (Å²) in [7, 11) is 0. The largest absolute Gasteiger partial charge is 0.357 e. The number of benzene rings is 1. The average Bonchev–Trinajstić information content (AvgIpc) is 3.22. The number of nitrogens with zero attached hydrogens (tertiary/aromatic N) is 3. The number of rotatable bonds is 7. The van der Waals surface area contributed by atoms with Gasteiger partial charge in [0.15, 0.2) is 5.96 Å². The van der Waals surface area contributed by atoms with Crippen molar-refractivity contribution in [1.82, 2.24) is 20.2 Å². The molecule has 0 unspecified atom stereocenters. The Morgan fingerprint density at radius 2 is 2.04 bits per heavy atom. The Bertz CT molecular complexity index is 839. The van der Waals surface area contributed by atoms with Gasteiger partial charge in [0, 0.05) is 29.4 Å². The van der Waals surface area contributed by atoms with Crippen LogP contribution >= 0.6 is 35.3 Å². The van der Waals surface area contributed by atoms with E-state index in [-0.39, 0.29) is 24.0 Å². The van der Waals surface area contributed by atoms with Gasteiger partial charge < -0.3 is 15.2 Å². The third-order valence-electron chi connectivity index (χ3n) is 3.93. The van der Waals surface area contributed by atoms with Crippen LogP contribution in [0.5, 0.6) is 0 Å². The normalized spacial score (nSPS) is 11.4. The molecule has 2 aromatic heterocycles. The molecule has 0 saturated carbocycles. The maximum atomic E-state index is 4.67. The Labute approximate surface area is 176 Å². The minimum atomic E-state index is 0. The van der Waals surface area contributed by atoms with Crippen LogP contribution in [0.3, 0.4) is 0 Å². The zero-order chi connectivity index (χ0) is 17.5. The molecule has 0 aliphatic rings. The Morgan fingerprint density at radius 3 is 2.81 bits per heavy atom. The predicted octanol–water partition coefficient (Wildman–Crippen LogP) is 4.17. The summed E-state index contributed by atoms with van der Waals surface area (Å²) < 4.78 is 2.20. The van der Waals surface area contributed by atoms with Crippen molar-refractivity contribution in [2.75, 3.05) is 13.1 Å². The van der Waals surface area contributed by atoms with E-state index < -0.39 is 0 Å². The SMILES string of the molecule is CCNC(=NCc1ccc(C)s1)NCCCn1cnc2ccccc21.I. The van der Waals surface area contributed by atoms with E-state index in [9.17, 15) is 0 Å². The molecule has 0 fully saturated rings. The molecule has 0 saturated heterocycles. The second kappa shape index (κ2) is 10.5. The van der Waals surface area contributed by atoms with E-state index in [2.05, 4.69) is 63.3 Å². The predicted molar refractivity (Wildman–Crippen MR) is 122 cm³/mol. The van der Waals surface area contributed by atoms with E-state index in [4.69, 9.17) is 0 Å². The minimum absolute atomic E-state index is 0. The molecule has 0 spiro atoms. The van der Waals surface area contributed by atoms with Gasteiger partial charge in [-0.2, -0.15) is 0 Å². The van der Waals surface area contributed by atoms with Gasteiger partial charge in [0.05, 0.1) is 23.9 Å². The van der Waals surface area contributed by atoms with E-state index in [1.807, 2.05) is 18.5 Å². The van der Waals surface area contributed by atoms with Crippen LogP contribution in [0.4, 0.5) is 0 Å². The molecule has 0 radical (unpaired) electrons. The molecule has 3 rings (SSSR count). The van der Waals surface area contributed by atoms with Gasteiger partial charge in [0.25, 0.3) is 0 Å². The summed E-state index contributed by atoms with van der Waals surface area (Å²) in [5.74, 6) is 0.879. The van der Waals surface area contributed by atoms with E-state index in [0.29, 0.717) is 0 Å². The van der Waals surface area contributed by atoms with Crippen LogP contribution in [0.15, 0.2) is 47.7 Å². The lowest BCUT2D eigenvalue weighted by Crippen LogP contribution is -2.38. The van der Waals surface area contributed by atoms with Crippen molar-refractivity contribution in [2.45, 2.75) is 33.4 Å². The number of thiophene rings is 1. The minimum Gasteiger partial charge on any atom is -0.357 e. The fourth-order valence-electron chi connectivity index (χ4n) is 2.71. The standard InChI is InChI=1S/C19H25N5S.HI/c1-3-20-19(22-13-16-10-9-15(2)25-16)21-11-6-12-24-14-23-17-7-4-5-8-18(17)24;/h4-5,7-10,14H,3,6,11-13H2,1-2H3,(H2,20,21,22);1H. The van der Waals surface area contributed by atoms with Crippen LogP contribution in [0, 0.1) is 6.92 Å². The zero-order valence-corrected chi connectivity index (χ0v) is 18.4. The molecular formula is C19H26IN5S. The van der Waals surface area contributed by atoms with E-state index >= 15 is 0 Å². The molecule has 0 atom stereocenters. The number of aliphatic imine (C=N–C) groups is 1. The lowest BCUT2D eigenvalue weighted by Gasteiger charge is -2.11. The second-order valence-corrected chi connectivity index (χ2v) is 7.29. The molecule has 26 heavy (non-hydrogen) atoms. The van der Waals surface area contributed by atoms with Gasteiger partial charge in [-0.3, -0.25) is 0 Å². The van der Waals surface area contributed by atoms with Crippen LogP contribution in [-0.2, 0) is 13.1 Å². The van der Waals surface area contributed by atoms with Gasteiger partial charge in [-0.25, -0.2) is 9.98 Å². The first-order chi connectivity index (χ1) is 12.3. The molecule has 0 amide bonds. The van der Waals surface area contributed by atoms with Crippen LogP contribution in [0.25, 0.3) is 11.0 Å². The quantitative estimate of drug-likeness (QED) is 0.230. The summed E-state index contributed by atoms with van der Waals surface area (Å²) in [6.45, 7) is 7.62. The Hall–Kier alpha value is -1.61. The monoisotopic (exact) mass is 483 g/mol. The third-order valence-corrected chi connectivity index (χ3v) is 4.91. The first kappa shape index (κ1) is 20.7. The van der Waals surface area contributed by atoms with Crippen molar-refractivity contribution in [2.24, 2.45) is 4.99 Å². The fraction of sp³-hybridized carbons (Fsp3) is 0.368. The van der Waals surface area contributed by atoms with E-state index in [1.54, 1.807) is 11.3 Å². The lowest BCUT2D eigenvalue weighted by molar-refractivity contribution is 0.637. The molecule has 3 aromatic rings. The molecule has 2 N–H and O–H groups in total. The van der Waals surface area contributed by atoms with Gasteiger partial charge in [0.1, 0.15) is 0 Å². The average molecular weight is 483 g/mol. The number of imidazole rings is 1. The molecule has 0 aliphatic heterocycles. The molecule has 0 bridgehead atoms. The number of guanidine groups is 1. The smallest absolute Gasteiger partial charge is 0.191 e. The van der Waals surface area contributed by atoms with Crippen molar-refractivity contribution < 1.29 is 0 Å². The van der Waals surface area contributed by atoms with Crippen molar-refractivity contribution in [1.29, 1.82) is 0 Å². The Balaban J connectivity index is 0.00000243. The van der Waals surface area contributed by atoms with Gasteiger partial charge in [-0.1, -0.05) is 12.1 Å². The van der Waals surface area contributed by atoms with Crippen LogP contribution in [0.2, 0.25) is 0 Å². The van der Waals surface area contributed by atoms with Crippen molar-refractivity contribution in [3.63, 3.8) is 0 Å². The maximum Gasteiger partial charge on any atom is 0.191 e. The van der Waals surface area contributed by atoms with Crippen molar-refractivity contribution >= 4 is 52.3 Å². The van der Waals surface area contributed by atoms with Crippen LogP contribution in [0.1, 0.15) is 23.1 Å². The number of halogens is 1. The first-order valence-electron chi connectivity index (χ1n) is 8.73. The number of hydrogen-bond donors (Lipinski definition) is 2. The van der Waals surface area contributed by atoms with Gasteiger partial charge in [0.2, 0.25) is 0 Å². The zero-order valence-electron chi connectivity index (χ0n) is 15.2. The van der Waals surface area contributed by atoms with Crippen LogP contribution in [-0.4, -0.2) is 28.6 Å². The van der Waals surface area contributed by atoms with Gasteiger partial charge in [-0.05, 0) is 44.5 Å². The first-order valence-corrected chi connectivity index (χ1v) is 9.55. The fourth-order valence-corrected chi connectivity index (χ4v) is 3.53. The number of para-hydroxylation sites is 2. The lowest BCUT2D eigenvalue weighted by atomic mass is 10.3. The molecule has 7 heteroatoms. The molecule has 2 heterocycles. The number of hydrogen-bond acceptors (Lipinski definition) is 3. The van der Waals surface area contributed by atoms with E-state index in [0.717, 1.165) is 44.1 Å². The second-order valence-electron chi connectivity index (χ2n) is 5.91. The maximum absolute atomic E-state index is 4.67. The summed E-state index contributed by atoms with van der Waals surface area (Å²) in [5, 5.41) is 6.73. The molecule has 0 aliphatic carbocycles. The number of nitrogens with one attached hydrogen (secondary N) is 2. The molecule has 1 aromatic carbocycles. The molecule has 5 nitrogen and oxygen atoms in total. The Kier molecular flexibility index (Phi) is 8.37. The highest BCUT2D eigenvalue weighted by Crippen LogP contribution is 2.15. The van der Waals surface area contributed by atoms with E-state index in [1.165, 1.54) is 15.3 Å². The Morgan fingerprint density at radius 1 is 1.19 bits per heavy atom. The summed E-state index contributed by atoms with van der Waals surface area (Å²) in [5.41, 5.74) is 2.24.